The average Bonchev–Trinajstić information content (AvgIpc) is 3.02. The lowest BCUT2D eigenvalue weighted by Crippen LogP contribution is -2.55. The lowest BCUT2D eigenvalue weighted by atomic mass is 9.76. The first kappa shape index (κ1) is 17.7. The lowest BCUT2D eigenvalue weighted by molar-refractivity contribution is 0.0930. The van der Waals surface area contributed by atoms with Gasteiger partial charge in [0.05, 0.1) is 10.6 Å². The van der Waals surface area contributed by atoms with E-state index in [0.717, 1.165) is 11.1 Å². The zero-order valence-corrected chi connectivity index (χ0v) is 14.6. The molecule has 2 N–H and O–H groups in total. The van der Waals surface area contributed by atoms with Gasteiger partial charge in [0, 0.05) is 26.1 Å². The van der Waals surface area contributed by atoms with Crippen molar-refractivity contribution in [3.8, 4) is 0 Å². The van der Waals surface area contributed by atoms with Crippen LogP contribution in [0.4, 0.5) is 9.18 Å². The summed E-state index contributed by atoms with van der Waals surface area (Å²) in [6.45, 7) is 1.07. The Morgan fingerprint density at radius 3 is 2.72 bits per heavy atom. The molecule has 0 unspecified atom stereocenters. The molecule has 4 nitrogen and oxygen atoms in total. The molecular formula is C19H20ClFN2O2. The molecule has 1 aliphatic rings. The summed E-state index contributed by atoms with van der Waals surface area (Å²) < 4.78 is 14.0. The molecule has 2 aromatic carbocycles. The summed E-state index contributed by atoms with van der Waals surface area (Å²) in [5, 5.41) is 13.0. The Bertz CT molecular complexity index is 771. The molecule has 2 atom stereocenters. The smallest absolute Gasteiger partial charge is 0.407 e. The first-order chi connectivity index (χ1) is 11.9. The molecular weight excluding hydrogens is 343 g/mol. The van der Waals surface area contributed by atoms with Crippen molar-refractivity contribution in [1.82, 2.24) is 10.2 Å². The number of rotatable bonds is 4. The molecule has 1 aliphatic heterocycles. The zero-order chi connectivity index (χ0) is 18.0. The molecule has 132 valence electrons. The zero-order valence-electron chi connectivity index (χ0n) is 13.9. The van der Waals surface area contributed by atoms with Gasteiger partial charge in [0.25, 0.3) is 0 Å². The Morgan fingerprint density at radius 2 is 2.08 bits per heavy atom. The fourth-order valence-electron chi connectivity index (χ4n) is 3.70. The van der Waals surface area contributed by atoms with E-state index >= 15 is 0 Å². The van der Waals surface area contributed by atoms with Gasteiger partial charge in [-0.05, 0) is 29.7 Å². The quantitative estimate of drug-likeness (QED) is 0.870. The average molecular weight is 363 g/mol. The summed E-state index contributed by atoms with van der Waals surface area (Å²) in [6, 6.07) is 14.5. The SMILES string of the molecule is CN(C(=O)O)[C@]1(Cc2ccccc2)CNC[C@H]1c1ccc(Cl)c(F)c1. The van der Waals surface area contributed by atoms with E-state index in [1.165, 1.54) is 17.0 Å². The summed E-state index contributed by atoms with van der Waals surface area (Å²) in [4.78, 5) is 13.1. The summed E-state index contributed by atoms with van der Waals surface area (Å²) in [6.07, 6.45) is -0.461. The van der Waals surface area contributed by atoms with Gasteiger partial charge in [-0.1, -0.05) is 48.0 Å². The molecule has 0 aliphatic carbocycles. The first-order valence-electron chi connectivity index (χ1n) is 8.10. The highest BCUT2D eigenvalue weighted by Gasteiger charge is 2.48. The second-order valence-corrected chi connectivity index (χ2v) is 6.87. The van der Waals surface area contributed by atoms with Crippen LogP contribution in [-0.4, -0.2) is 41.8 Å². The molecule has 0 saturated carbocycles. The fraction of sp³-hybridized carbons (Fsp3) is 0.316. The minimum absolute atomic E-state index is 0.0648. The minimum atomic E-state index is -1.00. The number of carbonyl (C=O) groups is 1. The van der Waals surface area contributed by atoms with Crippen LogP contribution < -0.4 is 5.32 Å². The van der Waals surface area contributed by atoms with Gasteiger partial charge in [-0.3, -0.25) is 0 Å². The van der Waals surface area contributed by atoms with Crippen molar-refractivity contribution >= 4 is 17.7 Å². The van der Waals surface area contributed by atoms with Gasteiger partial charge in [-0.25, -0.2) is 9.18 Å². The van der Waals surface area contributed by atoms with Crippen molar-refractivity contribution in [2.24, 2.45) is 0 Å². The van der Waals surface area contributed by atoms with E-state index in [0.29, 0.717) is 19.5 Å². The van der Waals surface area contributed by atoms with Gasteiger partial charge in [-0.15, -0.1) is 0 Å². The van der Waals surface area contributed by atoms with E-state index in [1.54, 1.807) is 13.1 Å². The van der Waals surface area contributed by atoms with Crippen molar-refractivity contribution < 1.29 is 14.3 Å². The van der Waals surface area contributed by atoms with Crippen LogP contribution in [0.2, 0.25) is 5.02 Å². The van der Waals surface area contributed by atoms with Crippen molar-refractivity contribution in [2.45, 2.75) is 17.9 Å². The largest absolute Gasteiger partial charge is 0.465 e. The van der Waals surface area contributed by atoms with E-state index in [1.807, 2.05) is 30.3 Å². The van der Waals surface area contributed by atoms with Gasteiger partial charge in [0.2, 0.25) is 0 Å². The molecule has 3 rings (SSSR count). The summed E-state index contributed by atoms with van der Waals surface area (Å²) >= 11 is 5.81. The Labute approximate surface area is 151 Å². The summed E-state index contributed by atoms with van der Waals surface area (Å²) in [5.41, 5.74) is 1.09. The third kappa shape index (κ3) is 3.34. The van der Waals surface area contributed by atoms with E-state index in [9.17, 15) is 14.3 Å². The summed E-state index contributed by atoms with van der Waals surface area (Å²) in [7, 11) is 1.58. The van der Waals surface area contributed by atoms with E-state index in [2.05, 4.69) is 5.32 Å². The molecule has 0 radical (unpaired) electrons. The van der Waals surface area contributed by atoms with Crippen LogP contribution >= 0.6 is 11.6 Å². The monoisotopic (exact) mass is 362 g/mol. The highest BCUT2D eigenvalue weighted by Crippen LogP contribution is 2.39. The van der Waals surface area contributed by atoms with E-state index in [-0.39, 0.29) is 10.9 Å². The summed E-state index contributed by atoms with van der Waals surface area (Å²) in [5.74, 6) is -0.668. The van der Waals surface area contributed by atoms with Crippen LogP contribution in [0.15, 0.2) is 48.5 Å². The molecule has 1 saturated heterocycles. The van der Waals surface area contributed by atoms with Gasteiger partial charge >= 0.3 is 6.09 Å². The molecule has 1 amide bonds. The molecule has 25 heavy (non-hydrogen) atoms. The maximum absolute atomic E-state index is 14.0. The van der Waals surface area contributed by atoms with E-state index in [4.69, 9.17) is 11.6 Å². The lowest BCUT2D eigenvalue weighted by Gasteiger charge is -2.41. The normalized spacial score (nSPS) is 22.8. The molecule has 6 heteroatoms. The third-order valence-electron chi connectivity index (χ3n) is 5.08. The van der Waals surface area contributed by atoms with Crippen LogP contribution in [0.3, 0.4) is 0 Å². The Kier molecular flexibility index (Phi) is 4.97. The number of nitrogens with one attached hydrogen (secondary N) is 1. The van der Waals surface area contributed by atoms with Crippen LogP contribution in [-0.2, 0) is 6.42 Å². The number of carboxylic acid groups (broad SMARTS) is 1. The number of likely N-dealkylation sites (N-methyl/N-ethyl adjacent to an activating group) is 1. The van der Waals surface area contributed by atoms with Gasteiger partial charge in [0.15, 0.2) is 0 Å². The Balaban J connectivity index is 2.05. The highest BCUT2D eigenvalue weighted by molar-refractivity contribution is 6.30. The van der Waals surface area contributed by atoms with Crippen LogP contribution in [0.5, 0.6) is 0 Å². The third-order valence-corrected chi connectivity index (χ3v) is 5.39. The number of nitrogens with zero attached hydrogens (tertiary/aromatic N) is 1. The van der Waals surface area contributed by atoms with Gasteiger partial charge < -0.3 is 15.3 Å². The standard InChI is InChI=1S/C19H20ClFN2O2/c1-23(18(24)25)19(10-13-5-3-2-4-6-13)12-22-11-15(19)14-7-8-16(20)17(21)9-14/h2-9,15,22H,10-12H2,1H3,(H,24,25)/t15-,19+/m0/s1. The van der Waals surface area contributed by atoms with Crippen molar-refractivity contribution in [3.63, 3.8) is 0 Å². The molecule has 1 fully saturated rings. The Hall–Kier alpha value is -2.11. The van der Waals surface area contributed by atoms with Gasteiger partial charge in [0.1, 0.15) is 5.82 Å². The van der Waals surface area contributed by atoms with Crippen molar-refractivity contribution in [1.29, 1.82) is 0 Å². The maximum atomic E-state index is 14.0. The predicted octanol–water partition coefficient (Wildman–Crippen LogP) is 3.76. The molecule has 2 aromatic rings. The van der Waals surface area contributed by atoms with Crippen LogP contribution in [0.25, 0.3) is 0 Å². The highest BCUT2D eigenvalue weighted by atomic mass is 35.5. The predicted molar refractivity (Wildman–Crippen MR) is 95.7 cm³/mol. The second kappa shape index (κ2) is 7.02. The van der Waals surface area contributed by atoms with Crippen LogP contribution in [0.1, 0.15) is 17.0 Å². The number of halogens is 2. The first-order valence-corrected chi connectivity index (χ1v) is 8.48. The number of amides is 1. The fourth-order valence-corrected chi connectivity index (χ4v) is 3.82. The number of hydrogen-bond acceptors (Lipinski definition) is 2. The molecule has 0 aromatic heterocycles. The van der Waals surface area contributed by atoms with Crippen LogP contribution in [0, 0.1) is 5.82 Å². The molecule has 0 spiro atoms. The van der Waals surface area contributed by atoms with Gasteiger partial charge in [-0.2, -0.15) is 0 Å². The molecule has 1 heterocycles. The Morgan fingerprint density at radius 1 is 1.36 bits per heavy atom. The number of benzene rings is 2. The topological polar surface area (TPSA) is 52.6 Å². The van der Waals surface area contributed by atoms with Crippen molar-refractivity contribution in [2.75, 3.05) is 20.1 Å². The molecule has 0 bridgehead atoms. The second-order valence-electron chi connectivity index (χ2n) is 6.46. The minimum Gasteiger partial charge on any atom is -0.465 e. The van der Waals surface area contributed by atoms with E-state index < -0.39 is 17.4 Å². The van der Waals surface area contributed by atoms with Crippen molar-refractivity contribution in [3.05, 3.63) is 70.5 Å². The maximum Gasteiger partial charge on any atom is 0.407 e. The number of hydrogen-bond donors (Lipinski definition) is 2.